The van der Waals surface area contributed by atoms with Crippen molar-refractivity contribution in [3.8, 4) is 5.75 Å². The Morgan fingerprint density at radius 1 is 1.02 bits per heavy atom. The normalized spacial score (nSPS) is 15.0. The number of halogens is 4. The number of nitrogens with zero attached hydrogens (tertiary/aromatic N) is 2. The number of fused-ring (bicyclic) bond motifs is 1. The second kappa shape index (κ2) is 12.4. The van der Waals surface area contributed by atoms with Crippen molar-refractivity contribution in [2.24, 2.45) is 4.99 Å². The fraction of sp³-hybridized carbons (Fsp3) is 0.167. The molecule has 3 aromatic carbocycles. The molecule has 6 nitrogen and oxygen atoms in total. The van der Waals surface area contributed by atoms with Crippen molar-refractivity contribution < 1.29 is 14.3 Å². The molecule has 0 fully saturated rings. The van der Waals surface area contributed by atoms with Crippen molar-refractivity contribution in [2.75, 3.05) is 6.61 Å². The predicted octanol–water partition coefficient (Wildman–Crippen LogP) is 6.99. The Kier molecular flexibility index (Phi) is 8.92. The van der Waals surface area contributed by atoms with E-state index < -0.39 is 12.0 Å². The first kappa shape index (κ1) is 29.4. The third-order valence-corrected chi connectivity index (χ3v) is 8.52. The van der Waals surface area contributed by atoms with Crippen LogP contribution in [0, 0.1) is 0 Å². The van der Waals surface area contributed by atoms with Crippen LogP contribution in [-0.2, 0) is 16.1 Å². The quantitative estimate of drug-likeness (QED) is 0.203. The minimum Gasteiger partial charge on any atom is -0.488 e. The molecule has 41 heavy (non-hydrogen) atoms. The Morgan fingerprint density at radius 2 is 1.76 bits per heavy atom. The number of thiazole rings is 1. The summed E-state index contributed by atoms with van der Waals surface area (Å²) in [7, 11) is 0. The molecule has 1 atom stereocenters. The van der Waals surface area contributed by atoms with Gasteiger partial charge in [0.2, 0.25) is 0 Å². The van der Waals surface area contributed by atoms with E-state index in [0.29, 0.717) is 52.0 Å². The van der Waals surface area contributed by atoms with Crippen LogP contribution in [0.15, 0.2) is 81.7 Å². The third-order valence-electron chi connectivity index (χ3n) is 6.37. The van der Waals surface area contributed by atoms with E-state index in [-0.39, 0.29) is 24.3 Å². The highest BCUT2D eigenvalue weighted by Gasteiger charge is 2.34. The van der Waals surface area contributed by atoms with E-state index in [1.807, 2.05) is 0 Å². The Balaban J connectivity index is 1.62. The van der Waals surface area contributed by atoms with E-state index in [9.17, 15) is 9.59 Å². The zero-order chi connectivity index (χ0) is 29.3. The highest BCUT2D eigenvalue weighted by atomic mass is 35.5. The Bertz CT molecular complexity index is 1880. The highest BCUT2D eigenvalue weighted by molar-refractivity contribution is 7.07. The number of hydrogen-bond acceptors (Lipinski definition) is 6. The number of ether oxygens (including phenoxy) is 2. The second-order valence-electron chi connectivity index (χ2n) is 9.03. The highest BCUT2D eigenvalue weighted by Crippen LogP contribution is 2.34. The van der Waals surface area contributed by atoms with Gasteiger partial charge in [0.05, 0.1) is 22.4 Å². The van der Waals surface area contributed by atoms with E-state index in [4.69, 9.17) is 55.9 Å². The Labute approximate surface area is 259 Å². The summed E-state index contributed by atoms with van der Waals surface area (Å²) >= 11 is 26.4. The Hall–Kier alpha value is -3.07. The summed E-state index contributed by atoms with van der Waals surface area (Å²) in [5.41, 5.74) is 2.28. The van der Waals surface area contributed by atoms with Crippen molar-refractivity contribution >= 4 is 69.8 Å². The summed E-state index contributed by atoms with van der Waals surface area (Å²) in [5, 5.41) is 1.89. The zero-order valence-electron chi connectivity index (χ0n) is 21.8. The molecule has 0 amide bonds. The molecule has 0 N–H and O–H groups in total. The molecule has 0 bridgehead atoms. The number of carbonyl (C=O) groups is 1. The van der Waals surface area contributed by atoms with Crippen LogP contribution in [-0.4, -0.2) is 17.1 Å². The summed E-state index contributed by atoms with van der Waals surface area (Å²) < 4.78 is 13.3. The van der Waals surface area contributed by atoms with Crippen LogP contribution in [0.1, 0.15) is 36.6 Å². The van der Waals surface area contributed by atoms with Gasteiger partial charge < -0.3 is 9.47 Å². The number of carbonyl (C=O) groups excluding carboxylic acids is 1. The lowest BCUT2D eigenvalue weighted by Crippen LogP contribution is -2.40. The van der Waals surface area contributed by atoms with Crippen LogP contribution in [0.2, 0.25) is 20.1 Å². The van der Waals surface area contributed by atoms with Crippen molar-refractivity contribution in [1.82, 2.24) is 4.57 Å². The summed E-state index contributed by atoms with van der Waals surface area (Å²) in [6.45, 7) is 3.79. The first-order chi connectivity index (χ1) is 19.7. The first-order valence-corrected chi connectivity index (χ1v) is 14.8. The van der Waals surface area contributed by atoms with E-state index in [2.05, 4.69) is 4.99 Å². The van der Waals surface area contributed by atoms with Crippen LogP contribution in [0.5, 0.6) is 5.75 Å². The predicted molar refractivity (Wildman–Crippen MR) is 164 cm³/mol. The number of rotatable bonds is 7. The molecule has 5 rings (SSSR count). The average molecular weight is 648 g/mol. The number of aromatic nitrogens is 1. The van der Waals surface area contributed by atoms with Crippen LogP contribution in [0.3, 0.4) is 0 Å². The van der Waals surface area contributed by atoms with Crippen LogP contribution in [0.4, 0.5) is 0 Å². The summed E-state index contributed by atoms with van der Waals surface area (Å²) in [5.74, 6) is -0.0587. The lowest BCUT2D eigenvalue weighted by Gasteiger charge is -2.25. The number of allylic oxidation sites excluding steroid dienone is 1. The standard InChI is InChI=1S/C30H22Cl4N2O4S/c1-3-39-29(38)26-16(2)35-30-36(27(26)21-6-4-5-7-22(21)33)28(37)25(41-30)13-18-12-19(31)10-11-24(18)40-15-17-8-9-20(32)14-23(17)34/h4-14,27H,3,15H2,1-2H3/b25-13-/t27-/m1/s1. The molecule has 1 aliphatic heterocycles. The molecular formula is C30H22Cl4N2O4S. The number of hydrogen-bond donors (Lipinski definition) is 0. The van der Waals surface area contributed by atoms with E-state index in [1.165, 1.54) is 15.9 Å². The largest absolute Gasteiger partial charge is 0.488 e. The molecular weight excluding hydrogens is 626 g/mol. The van der Waals surface area contributed by atoms with Crippen molar-refractivity contribution in [1.29, 1.82) is 0 Å². The molecule has 1 aromatic heterocycles. The molecule has 0 unspecified atom stereocenters. The maximum absolute atomic E-state index is 14.0. The topological polar surface area (TPSA) is 69.9 Å². The van der Waals surface area contributed by atoms with Gasteiger partial charge >= 0.3 is 5.97 Å². The fourth-order valence-electron chi connectivity index (χ4n) is 4.48. The molecule has 0 radical (unpaired) electrons. The summed E-state index contributed by atoms with van der Waals surface area (Å²) in [4.78, 5) is 32.1. The Morgan fingerprint density at radius 3 is 2.49 bits per heavy atom. The molecule has 0 spiro atoms. The molecule has 2 heterocycles. The zero-order valence-corrected chi connectivity index (χ0v) is 25.6. The van der Waals surface area contributed by atoms with Gasteiger partial charge in [0.15, 0.2) is 4.80 Å². The van der Waals surface area contributed by atoms with Crippen molar-refractivity contribution in [3.05, 3.63) is 128 Å². The van der Waals surface area contributed by atoms with Crippen LogP contribution in [0.25, 0.3) is 6.08 Å². The van der Waals surface area contributed by atoms with E-state index >= 15 is 0 Å². The van der Waals surface area contributed by atoms with Crippen molar-refractivity contribution in [2.45, 2.75) is 26.5 Å². The average Bonchev–Trinajstić information content (AvgIpc) is 3.23. The maximum atomic E-state index is 14.0. The lowest BCUT2D eigenvalue weighted by molar-refractivity contribution is -0.139. The van der Waals surface area contributed by atoms with Gasteiger partial charge in [-0.1, -0.05) is 82.0 Å². The monoisotopic (exact) mass is 646 g/mol. The SMILES string of the molecule is CCOC(=O)C1=C(C)N=c2s/c(=C\c3cc(Cl)ccc3OCc3ccc(Cl)cc3Cl)c(=O)n2[C@@H]1c1ccccc1Cl. The van der Waals surface area contributed by atoms with Gasteiger partial charge in [-0.25, -0.2) is 9.79 Å². The van der Waals surface area contributed by atoms with E-state index in [1.54, 1.807) is 80.6 Å². The number of esters is 1. The van der Waals surface area contributed by atoms with Gasteiger partial charge in [0.25, 0.3) is 5.56 Å². The van der Waals surface area contributed by atoms with Gasteiger partial charge in [0, 0.05) is 31.2 Å². The van der Waals surface area contributed by atoms with Gasteiger partial charge in [-0.3, -0.25) is 9.36 Å². The maximum Gasteiger partial charge on any atom is 0.338 e. The van der Waals surface area contributed by atoms with Gasteiger partial charge in [0.1, 0.15) is 18.4 Å². The molecule has 210 valence electrons. The lowest BCUT2D eigenvalue weighted by atomic mass is 9.96. The molecule has 11 heteroatoms. The summed E-state index contributed by atoms with van der Waals surface area (Å²) in [6.07, 6.45) is 1.70. The third kappa shape index (κ3) is 6.10. The summed E-state index contributed by atoms with van der Waals surface area (Å²) in [6, 6.07) is 16.6. The smallest absolute Gasteiger partial charge is 0.338 e. The molecule has 4 aromatic rings. The minimum absolute atomic E-state index is 0.175. The molecule has 1 aliphatic rings. The van der Waals surface area contributed by atoms with Crippen LogP contribution >= 0.6 is 57.7 Å². The first-order valence-electron chi connectivity index (χ1n) is 12.5. The minimum atomic E-state index is -0.816. The van der Waals surface area contributed by atoms with Gasteiger partial charge in [-0.2, -0.15) is 0 Å². The molecule has 0 aliphatic carbocycles. The fourth-order valence-corrected chi connectivity index (χ4v) is 6.40. The molecule has 0 saturated carbocycles. The second-order valence-corrected chi connectivity index (χ2v) is 11.7. The van der Waals surface area contributed by atoms with Gasteiger partial charge in [-0.05, 0) is 61.9 Å². The van der Waals surface area contributed by atoms with E-state index in [0.717, 1.165) is 5.56 Å². The number of benzene rings is 3. The van der Waals surface area contributed by atoms with Gasteiger partial charge in [-0.15, -0.1) is 0 Å². The van der Waals surface area contributed by atoms with Crippen molar-refractivity contribution in [3.63, 3.8) is 0 Å². The van der Waals surface area contributed by atoms with Crippen LogP contribution < -0.4 is 19.6 Å². The molecule has 0 saturated heterocycles.